The molecule has 1 aromatic heterocycles. The quantitative estimate of drug-likeness (QED) is 0.614. The number of nitrogen functional groups attached to an aromatic ring is 1. The number of nitrogens with zero attached hydrogens (tertiary/aromatic N) is 1. The molecule has 0 saturated heterocycles. The Bertz CT molecular complexity index is 1010. The minimum absolute atomic E-state index is 0.270. The number of para-hydroxylation sites is 1. The van der Waals surface area contributed by atoms with Crippen molar-refractivity contribution < 1.29 is 14.3 Å². The van der Waals surface area contributed by atoms with Gasteiger partial charge in [0.05, 0.1) is 14.2 Å². The molecule has 0 radical (unpaired) electrons. The normalized spacial score (nSPS) is 10.4. The Morgan fingerprint density at radius 1 is 1.15 bits per heavy atom. The van der Waals surface area contributed by atoms with Crippen molar-refractivity contribution >= 4 is 35.3 Å². The molecule has 140 valence electrons. The van der Waals surface area contributed by atoms with E-state index < -0.39 is 0 Å². The van der Waals surface area contributed by atoms with Gasteiger partial charge in [-0.15, -0.1) is 0 Å². The van der Waals surface area contributed by atoms with Crippen LogP contribution in [0.4, 0.5) is 5.82 Å². The van der Waals surface area contributed by atoms with E-state index in [1.807, 2.05) is 42.5 Å². The molecular weight excluding hydrogens is 382 g/mol. The third kappa shape index (κ3) is 3.96. The Balaban J connectivity index is 1.79. The van der Waals surface area contributed by atoms with Gasteiger partial charge in [-0.1, -0.05) is 35.6 Å². The maximum Gasteiger partial charge on any atom is 0.265 e. The van der Waals surface area contributed by atoms with E-state index in [4.69, 9.17) is 27.4 Å². The average molecular weight is 402 g/mol. The van der Waals surface area contributed by atoms with Gasteiger partial charge in [-0.25, -0.2) is 0 Å². The van der Waals surface area contributed by atoms with Crippen LogP contribution in [0.2, 0.25) is 0 Å². The van der Waals surface area contributed by atoms with E-state index in [0.29, 0.717) is 32.7 Å². The average Bonchev–Trinajstić information content (AvgIpc) is 3.00. The summed E-state index contributed by atoms with van der Waals surface area (Å²) in [7, 11) is 3.15. The second-order valence-electron chi connectivity index (χ2n) is 5.63. The van der Waals surface area contributed by atoms with Crippen LogP contribution in [-0.2, 0) is 6.54 Å². The number of nitrogens with two attached hydrogens (primary N) is 1. The predicted octanol–water partition coefficient (Wildman–Crippen LogP) is 3.80. The molecule has 0 aliphatic rings. The number of methoxy groups -OCH3 is 2. The number of ether oxygens (including phenoxy) is 2. The number of carbonyl (C=O) groups excluding carboxylic acids is 1. The third-order valence-electron chi connectivity index (χ3n) is 3.97. The number of nitrogens with one attached hydrogen (secondary N) is 1. The summed E-state index contributed by atoms with van der Waals surface area (Å²) in [6.07, 6.45) is 0. The van der Waals surface area contributed by atoms with E-state index in [1.54, 1.807) is 24.9 Å². The van der Waals surface area contributed by atoms with Crippen molar-refractivity contribution in [2.45, 2.75) is 6.54 Å². The van der Waals surface area contributed by atoms with Crippen LogP contribution in [0.5, 0.6) is 11.5 Å². The number of rotatable bonds is 6. The Morgan fingerprint density at radius 2 is 1.85 bits per heavy atom. The van der Waals surface area contributed by atoms with Crippen molar-refractivity contribution in [1.29, 1.82) is 0 Å². The number of hydrogen-bond acceptors (Lipinski definition) is 6. The molecular formula is C19H19N3O3S2. The van der Waals surface area contributed by atoms with Crippen molar-refractivity contribution in [3.8, 4) is 17.2 Å². The van der Waals surface area contributed by atoms with Gasteiger partial charge >= 0.3 is 0 Å². The van der Waals surface area contributed by atoms with E-state index >= 15 is 0 Å². The molecule has 0 aliphatic carbocycles. The summed E-state index contributed by atoms with van der Waals surface area (Å²) in [5.41, 5.74) is 7.91. The highest BCUT2D eigenvalue weighted by Gasteiger charge is 2.18. The van der Waals surface area contributed by atoms with Crippen LogP contribution >= 0.6 is 23.6 Å². The SMILES string of the molecule is COc1ccc(CNC(=O)c2sc(=S)n(-c3ccccc3)c2N)cc1OC. The Kier molecular flexibility index (Phi) is 5.78. The number of hydrogen-bond donors (Lipinski definition) is 2. The van der Waals surface area contributed by atoms with Gasteiger partial charge in [0.15, 0.2) is 15.5 Å². The number of anilines is 1. The third-order valence-corrected chi connectivity index (χ3v) is 5.36. The fourth-order valence-corrected chi connectivity index (χ4v) is 3.91. The zero-order chi connectivity index (χ0) is 19.4. The molecule has 0 fully saturated rings. The summed E-state index contributed by atoms with van der Waals surface area (Å²) in [6, 6.07) is 15.0. The van der Waals surface area contributed by atoms with Gasteiger partial charge in [-0.2, -0.15) is 0 Å². The van der Waals surface area contributed by atoms with Crippen molar-refractivity contribution in [2.75, 3.05) is 20.0 Å². The van der Waals surface area contributed by atoms with Gasteiger partial charge in [0.1, 0.15) is 10.7 Å². The molecule has 1 heterocycles. The van der Waals surface area contributed by atoms with Gasteiger partial charge in [0.2, 0.25) is 0 Å². The number of amides is 1. The summed E-state index contributed by atoms with van der Waals surface area (Å²) >= 11 is 6.58. The van der Waals surface area contributed by atoms with Crippen LogP contribution in [0.15, 0.2) is 48.5 Å². The van der Waals surface area contributed by atoms with Gasteiger partial charge < -0.3 is 20.5 Å². The first-order chi connectivity index (χ1) is 13.0. The second-order valence-corrected chi connectivity index (χ2v) is 7.27. The molecule has 1 amide bonds. The number of carbonyl (C=O) groups is 1. The van der Waals surface area contributed by atoms with Crippen LogP contribution in [0, 0.1) is 3.95 Å². The summed E-state index contributed by atoms with van der Waals surface area (Å²) in [5, 5.41) is 2.87. The highest BCUT2D eigenvalue weighted by molar-refractivity contribution is 7.73. The molecule has 6 nitrogen and oxygen atoms in total. The topological polar surface area (TPSA) is 78.5 Å². The maximum atomic E-state index is 12.6. The molecule has 0 saturated carbocycles. The largest absolute Gasteiger partial charge is 0.493 e. The number of benzene rings is 2. The Labute approximate surface area is 166 Å². The molecule has 27 heavy (non-hydrogen) atoms. The van der Waals surface area contributed by atoms with E-state index in [2.05, 4.69) is 5.32 Å². The van der Waals surface area contributed by atoms with Gasteiger partial charge in [-0.05, 0) is 42.0 Å². The zero-order valence-corrected chi connectivity index (χ0v) is 16.5. The molecule has 3 N–H and O–H groups in total. The first-order valence-corrected chi connectivity index (χ1v) is 9.33. The zero-order valence-electron chi connectivity index (χ0n) is 14.9. The lowest BCUT2D eigenvalue weighted by molar-refractivity contribution is 0.0955. The monoisotopic (exact) mass is 401 g/mol. The maximum absolute atomic E-state index is 12.6. The van der Waals surface area contributed by atoms with Gasteiger partial charge in [0.25, 0.3) is 5.91 Å². The molecule has 0 bridgehead atoms. The lowest BCUT2D eigenvalue weighted by atomic mass is 10.2. The van der Waals surface area contributed by atoms with Gasteiger partial charge in [-0.3, -0.25) is 9.36 Å². The predicted molar refractivity (Wildman–Crippen MR) is 110 cm³/mol. The fraction of sp³-hybridized carbons (Fsp3) is 0.158. The van der Waals surface area contributed by atoms with Crippen LogP contribution < -0.4 is 20.5 Å². The Hall–Kier alpha value is -2.84. The minimum Gasteiger partial charge on any atom is -0.493 e. The van der Waals surface area contributed by atoms with E-state index in [9.17, 15) is 4.79 Å². The van der Waals surface area contributed by atoms with Crippen LogP contribution in [0.25, 0.3) is 5.69 Å². The molecule has 0 atom stereocenters. The summed E-state index contributed by atoms with van der Waals surface area (Å²) < 4.78 is 12.7. The Morgan fingerprint density at radius 3 is 2.52 bits per heavy atom. The van der Waals surface area contributed by atoms with E-state index in [1.165, 1.54) is 11.3 Å². The second kappa shape index (κ2) is 8.24. The highest BCUT2D eigenvalue weighted by atomic mass is 32.1. The smallest absolute Gasteiger partial charge is 0.265 e. The molecule has 0 aliphatic heterocycles. The molecule has 3 rings (SSSR count). The van der Waals surface area contributed by atoms with Crippen molar-refractivity contribution in [3.63, 3.8) is 0 Å². The minimum atomic E-state index is -0.270. The molecule has 2 aromatic carbocycles. The molecule has 0 unspecified atom stereocenters. The highest BCUT2D eigenvalue weighted by Crippen LogP contribution is 2.28. The lowest BCUT2D eigenvalue weighted by Crippen LogP contribution is -2.23. The fourth-order valence-electron chi connectivity index (χ4n) is 2.62. The molecule has 3 aromatic rings. The number of thiazole rings is 1. The van der Waals surface area contributed by atoms with E-state index in [0.717, 1.165) is 11.3 Å². The van der Waals surface area contributed by atoms with Crippen LogP contribution in [-0.4, -0.2) is 24.7 Å². The van der Waals surface area contributed by atoms with Crippen molar-refractivity contribution in [3.05, 3.63) is 62.9 Å². The summed E-state index contributed by atoms with van der Waals surface area (Å²) in [5.74, 6) is 1.30. The van der Waals surface area contributed by atoms with E-state index in [-0.39, 0.29) is 5.91 Å². The van der Waals surface area contributed by atoms with Crippen molar-refractivity contribution in [2.24, 2.45) is 0 Å². The van der Waals surface area contributed by atoms with Crippen LogP contribution in [0.3, 0.4) is 0 Å². The lowest BCUT2D eigenvalue weighted by Gasteiger charge is -2.10. The van der Waals surface area contributed by atoms with Crippen LogP contribution in [0.1, 0.15) is 15.2 Å². The standard InChI is InChI=1S/C19H19N3O3S2/c1-24-14-9-8-12(10-15(14)25-2)11-21-18(23)16-17(20)22(19(26)27-16)13-6-4-3-5-7-13/h3-10H,11,20H2,1-2H3,(H,21,23). The first-order valence-electron chi connectivity index (χ1n) is 8.11. The first kappa shape index (κ1) is 18.9. The number of aromatic nitrogens is 1. The summed E-state index contributed by atoms with van der Waals surface area (Å²) in [6.45, 7) is 0.328. The van der Waals surface area contributed by atoms with Gasteiger partial charge in [0, 0.05) is 12.2 Å². The molecule has 8 heteroatoms. The molecule has 0 spiro atoms. The van der Waals surface area contributed by atoms with Crippen molar-refractivity contribution in [1.82, 2.24) is 9.88 Å². The summed E-state index contributed by atoms with van der Waals surface area (Å²) in [4.78, 5) is 13.0.